The molecule has 2 rings (SSSR count). The summed E-state index contributed by atoms with van der Waals surface area (Å²) in [4.78, 5) is 35.1. The summed E-state index contributed by atoms with van der Waals surface area (Å²) in [6.45, 7) is 0. The van der Waals surface area contributed by atoms with Gasteiger partial charge in [0.2, 0.25) is 0 Å². The van der Waals surface area contributed by atoms with E-state index in [1.54, 1.807) is 0 Å². The summed E-state index contributed by atoms with van der Waals surface area (Å²) in [5.74, 6) is -3.48. The van der Waals surface area contributed by atoms with Crippen molar-refractivity contribution in [2.75, 3.05) is 0 Å². The van der Waals surface area contributed by atoms with Crippen LogP contribution in [0, 0.1) is 11.7 Å². The second-order valence-electron chi connectivity index (χ2n) is 4.06. The summed E-state index contributed by atoms with van der Waals surface area (Å²) in [7, 11) is 0. The molecule has 0 saturated heterocycles. The van der Waals surface area contributed by atoms with Gasteiger partial charge in [-0.25, -0.2) is 4.39 Å². The van der Waals surface area contributed by atoms with Gasteiger partial charge in [0.15, 0.2) is 17.3 Å². The Morgan fingerprint density at radius 2 is 1.71 bits per heavy atom. The van der Waals surface area contributed by atoms with Gasteiger partial charge < -0.3 is 0 Å². The number of Topliss-reactive ketones (excluding diaryl/α,β-unsaturated/α-hetero) is 3. The highest BCUT2D eigenvalue weighted by Crippen LogP contribution is 2.22. The van der Waals surface area contributed by atoms with Crippen LogP contribution in [0.25, 0.3) is 0 Å². The molecular weight excluding hydrogens is 223 g/mol. The summed E-state index contributed by atoms with van der Waals surface area (Å²) < 4.78 is 13.4. The number of carbonyl (C=O) groups is 3. The first kappa shape index (κ1) is 11.6. The largest absolute Gasteiger partial charge is 0.298 e. The quantitative estimate of drug-likeness (QED) is 0.580. The molecule has 0 N–H and O–H groups in total. The molecule has 0 heterocycles. The molecular formula is C13H11FO3. The van der Waals surface area contributed by atoms with E-state index in [1.807, 2.05) is 0 Å². The third-order valence-corrected chi connectivity index (χ3v) is 2.89. The fraction of sp³-hybridized carbons (Fsp3) is 0.308. The van der Waals surface area contributed by atoms with Gasteiger partial charge in [0.05, 0.1) is 5.56 Å². The van der Waals surface area contributed by atoms with Gasteiger partial charge in [0, 0.05) is 12.8 Å². The van der Waals surface area contributed by atoms with Crippen molar-refractivity contribution in [2.24, 2.45) is 5.92 Å². The minimum absolute atomic E-state index is 0.180. The number of halogens is 1. The zero-order valence-electron chi connectivity index (χ0n) is 9.11. The van der Waals surface area contributed by atoms with Crippen LogP contribution in [0.3, 0.4) is 0 Å². The molecule has 0 bridgehead atoms. The Morgan fingerprint density at radius 3 is 2.29 bits per heavy atom. The molecule has 17 heavy (non-hydrogen) atoms. The number of benzene rings is 1. The smallest absolute Gasteiger partial charge is 0.183 e. The third-order valence-electron chi connectivity index (χ3n) is 2.89. The van der Waals surface area contributed by atoms with E-state index in [1.165, 1.54) is 18.2 Å². The van der Waals surface area contributed by atoms with E-state index >= 15 is 0 Å². The molecule has 0 radical (unpaired) electrons. The molecule has 0 spiro atoms. The zero-order chi connectivity index (χ0) is 12.4. The summed E-state index contributed by atoms with van der Waals surface area (Å²) in [6.07, 6.45) is 0.923. The maximum Gasteiger partial charge on any atom is 0.183 e. The third kappa shape index (κ3) is 2.16. The molecule has 1 aliphatic carbocycles. The normalized spacial score (nSPS) is 17.2. The Morgan fingerprint density at radius 1 is 1.12 bits per heavy atom. The summed E-state index contributed by atoms with van der Waals surface area (Å²) in [6, 6.07) is 5.41. The highest BCUT2D eigenvalue weighted by molar-refractivity contribution is 6.25. The fourth-order valence-corrected chi connectivity index (χ4v) is 2.01. The monoisotopic (exact) mass is 234 g/mol. The average Bonchev–Trinajstić information content (AvgIpc) is 2.29. The SMILES string of the molecule is O=C1CCCC(=O)C1C(=O)c1ccccc1F. The van der Waals surface area contributed by atoms with Crippen LogP contribution in [0.1, 0.15) is 29.6 Å². The summed E-state index contributed by atoms with van der Waals surface area (Å²) in [5.41, 5.74) is -0.180. The van der Waals surface area contributed by atoms with Crippen LogP contribution in [0.2, 0.25) is 0 Å². The summed E-state index contributed by atoms with van der Waals surface area (Å²) in [5, 5.41) is 0. The van der Waals surface area contributed by atoms with Crippen LogP contribution in [0.4, 0.5) is 4.39 Å². The molecule has 1 aromatic rings. The molecule has 0 atom stereocenters. The Hall–Kier alpha value is -1.84. The van der Waals surface area contributed by atoms with Crippen molar-refractivity contribution in [1.29, 1.82) is 0 Å². The molecule has 88 valence electrons. The molecule has 0 amide bonds. The number of carbonyl (C=O) groups excluding carboxylic acids is 3. The van der Waals surface area contributed by atoms with Gasteiger partial charge in [-0.2, -0.15) is 0 Å². The van der Waals surface area contributed by atoms with E-state index in [-0.39, 0.29) is 18.4 Å². The van der Waals surface area contributed by atoms with E-state index in [9.17, 15) is 18.8 Å². The molecule has 0 aliphatic heterocycles. The van der Waals surface area contributed by atoms with Crippen LogP contribution in [-0.2, 0) is 9.59 Å². The van der Waals surface area contributed by atoms with Gasteiger partial charge in [0.1, 0.15) is 11.7 Å². The van der Waals surface area contributed by atoms with Gasteiger partial charge >= 0.3 is 0 Å². The Kier molecular flexibility index (Phi) is 3.13. The van der Waals surface area contributed by atoms with E-state index in [0.717, 1.165) is 6.07 Å². The van der Waals surface area contributed by atoms with E-state index < -0.39 is 29.1 Å². The first-order chi connectivity index (χ1) is 8.11. The molecule has 1 aliphatic rings. The van der Waals surface area contributed by atoms with Crippen molar-refractivity contribution in [3.63, 3.8) is 0 Å². The molecule has 1 saturated carbocycles. The van der Waals surface area contributed by atoms with Crippen molar-refractivity contribution in [2.45, 2.75) is 19.3 Å². The van der Waals surface area contributed by atoms with Crippen molar-refractivity contribution in [1.82, 2.24) is 0 Å². The van der Waals surface area contributed by atoms with Crippen LogP contribution < -0.4 is 0 Å². The van der Waals surface area contributed by atoms with Crippen molar-refractivity contribution >= 4 is 17.3 Å². The van der Waals surface area contributed by atoms with Crippen LogP contribution >= 0.6 is 0 Å². The topological polar surface area (TPSA) is 51.2 Å². The molecule has 0 aromatic heterocycles. The second kappa shape index (κ2) is 4.57. The van der Waals surface area contributed by atoms with Crippen molar-refractivity contribution in [3.05, 3.63) is 35.6 Å². The van der Waals surface area contributed by atoms with Gasteiger partial charge in [-0.15, -0.1) is 0 Å². The standard InChI is InChI=1S/C13H11FO3/c14-9-5-2-1-4-8(9)13(17)12-10(15)6-3-7-11(12)16/h1-2,4-5,12H,3,6-7H2. The lowest BCUT2D eigenvalue weighted by atomic mass is 9.81. The fourth-order valence-electron chi connectivity index (χ4n) is 2.01. The van der Waals surface area contributed by atoms with Crippen molar-refractivity contribution < 1.29 is 18.8 Å². The van der Waals surface area contributed by atoms with E-state index in [0.29, 0.717) is 6.42 Å². The minimum atomic E-state index is -1.29. The highest BCUT2D eigenvalue weighted by Gasteiger charge is 2.37. The minimum Gasteiger partial charge on any atom is -0.298 e. The number of ketones is 3. The van der Waals surface area contributed by atoms with Gasteiger partial charge in [-0.3, -0.25) is 14.4 Å². The van der Waals surface area contributed by atoms with Crippen LogP contribution in [-0.4, -0.2) is 17.3 Å². The maximum absolute atomic E-state index is 13.4. The number of rotatable bonds is 2. The Bertz CT molecular complexity index is 477. The Labute approximate surface area is 97.6 Å². The molecule has 4 heteroatoms. The van der Waals surface area contributed by atoms with E-state index in [2.05, 4.69) is 0 Å². The van der Waals surface area contributed by atoms with E-state index in [4.69, 9.17) is 0 Å². The lowest BCUT2D eigenvalue weighted by Crippen LogP contribution is -2.35. The van der Waals surface area contributed by atoms with Crippen LogP contribution in [0.15, 0.2) is 24.3 Å². The maximum atomic E-state index is 13.4. The predicted octanol–water partition coefficient (Wildman–Crippen LogP) is 1.95. The highest BCUT2D eigenvalue weighted by atomic mass is 19.1. The Balaban J connectivity index is 2.34. The second-order valence-corrected chi connectivity index (χ2v) is 4.06. The van der Waals surface area contributed by atoms with Gasteiger partial charge in [-0.05, 0) is 18.6 Å². The number of hydrogen-bond donors (Lipinski definition) is 0. The summed E-state index contributed by atoms with van der Waals surface area (Å²) >= 11 is 0. The molecule has 1 fully saturated rings. The molecule has 1 aromatic carbocycles. The molecule has 0 unspecified atom stereocenters. The number of hydrogen-bond acceptors (Lipinski definition) is 3. The van der Waals surface area contributed by atoms with Gasteiger partial charge in [-0.1, -0.05) is 12.1 Å². The van der Waals surface area contributed by atoms with Crippen molar-refractivity contribution in [3.8, 4) is 0 Å². The predicted molar refractivity (Wildman–Crippen MR) is 58.1 cm³/mol. The first-order valence-corrected chi connectivity index (χ1v) is 5.45. The van der Waals surface area contributed by atoms with Crippen LogP contribution in [0.5, 0.6) is 0 Å². The van der Waals surface area contributed by atoms with Gasteiger partial charge in [0.25, 0.3) is 0 Å². The average molecular weight is 234 g/mol. The zero-order valence-corrected chi connectivity index (χ0v) is 9.11. The lowest BCUT2D eigenvalue weighted by Gasteiger charge is -2.18. The molecule has 3 nitrogen and oxygen atoms in total. The first-order valence-electron chi connectivity index (χ1n) is 5.45. The lowest BCUT2D eigenvalue weighted by molar-refractivity contribution is -0.133.